The largest absolute Gasteiger partial charge is 0.462 e. The van der Waals surface area contributed by atoms with Crippen molar-refractivity contribution in [3.05, 3.63) is 60.8 Å². The van der Waals surface area contributed by atoms with Gasteiger partial charge in [0.05, 0.1) is 0 Å². The average molecular weight is 1080 g/mol. The summed E-state index contributed by atoms with van der Waals surface area (Å²) < 4.78 is 16.8. The first kappa shape index (κ1) is 74.1. The average Bonchev–Trinajstić information content (AvgIpc) is 3.43. The molecule has 0 spiro atoms. The summed E-state index contributed by atoms with van der Waals surface area (Å²) in [7, 11) is 0. The zero-order valence-electron chi connectivity index (χ0n) is 51.5. The summed E-state index contributed by atoms with van der Waals surface area (Å²) in [5, 5.41) is 0. The van der Waals surface area contributed by atoms with Gasteiger partial charge in [0.15, 0.2) is 6.10 Å². The van der Waals surface area contributed by atoms with Crippen LogP contribution < -0.4 is 0 Å². The van der Waals surface area contributed by atoms with Crippen molar-refractivity contribution in [2.75, 3.05) is 13.2 Å². The highest BCUT2D eigenvalue weighted by Crippen LogP contribution is 2.18. The molecule has 0 rings (SSSR count). The molecule has 6 heteroatoms. The molecule has 6 nitrogen and oxygen atoms in total. The van der Waals surface area contributed by atoms with Gasteiger partial charge in [-0.3, -0.25) is 14.4 Å². The lowest BCUT2D eigenvalue weighted by Crippen LogP contribution is -2.30. The Morgan fingerprint density at radius 2 is 0.506 bits per heavy atom. The van der Waals surface area contributed by atoms with Crippen LogP contribution in [0.25, 0.3) is 0 Å². The van der Waals surface area contributed by atoms with E-state index in [4.69, 9.17) is 14.2 Å². The highest BCUT2D eigenvalue weighted by Gasteiger charge is 2.19. The van der Waals surface area contributed by atoms with Gasteiger partial charge in [0.1, 0.15) is 13.2 Å². The number of hydrogen-bond donors (Lipinski definition) is 0. The summed E-state index contributed by atoms with van der Waals surface area (Å²) in [5.74, 6) is -0.870. The number of carbonyl (C=O) groups is 3. The molecule has 0 amide bonds. The summed E-state index contributed by atoms with van der Waals surface area (Å²) in [6.45, 7) is 6.51. The predicted octanol–water partition coefficient (Wildman–Crippen LogP) is 23.1. The van der Waals surface area contributed by atoms with Gasteiger partial charge in [-0.1, -0.05) is 332 Å². The van der Waals surface area contributed by atoms with Crippen LogP contribution in [0.4, 0.5) is 0 Å². The molecule has 0 saturated carbocycles. The molecule has 0 aliphatic carbocycles. The molecular weight excluding hydrogens is 949 g/mol. The number of unbranched alkanes of at least 4 members (excludes halogenated alkanes) is 41. The molecule has 0 N–H and O–H groups in total. The van der Waals surface area contributed by atoms with Crippen molar-refractivity contribution in [2.45, 2.75) is 361 Å². The van der Waals surface area contributed by atoms with Gasteiger partial charge in [-0.2, -0.15) is 0 Å². The standard InChI is InChI=1S/C71H128O6/c1-4-7-10-13-16-18-20-22-24-26-28-30-32-34-35-36-38-39-41-43-45-47-49-51-53-55-58-61-64-70(73)76-67-68(66-75-69(72)63-60-57-15-12-9-6-3)77-71(74)65-62-59-56-54-52-50-48-46-44-42-40-37-33-31-29-27-25-23-21-19-17-14-11-8-5-2/h8,11,17,19,23,25,29,31,37,40,68H,4-7,9-10,12-16,18,20-22,24,26-28,30,32-36,38-39,41-67H2,1-3H3/b11-8-,19-17-,25-23-,31-29-,40-37-. The van der Waals surface area contributed by atoms with E-state index < -0.39 is 6.10 Å². The highest BCUT2D eigenvalue weighted by atomic mass is 16.6. The molecule has 0 bridgehead atoms. The Morgan fingerprint density at radius 1 is 0.273 bits per heavy atom. The molecule has 0 aromatic carbocycles. The molecule has 0 saturated heterocycles. The van der Waals surface area contributed by atoms with Crippen molar-refractivity contribution in [2.24, 2.45) is 0 Å². The fourth-order valence-electron chi connectivity index (χ4n) is 10.0. The van der Waals surface area contributed by atoms with Crippen molar-refractivity contribution in [1.82, 2.24) is 0 Å². The third kappa shape index (κ3) is 63.8. The van der Waals surface area contributed by atoms with Crippen molar-refractivity contribution in [1.29, 1.82) is 0 Å². The smallest absolute Gasteiger partial charge is 0.306 e. The quantitative estimate of drug-likeness (QED) is 0.0261. The van der Waals surface area contributed by atoms with Crippen LogP contribution in [-0.2, 0) is 28.6 Å². The first-order chi connectivity index (χ1) is 38.0. The molecule has 0 aromatic heterocycles. The van der Waals surface area contributed by atoms with Crippen LogP contribution in [0, 0.1) is 0 Å². The summed E-state index contributed by atoms with van der Waals surface area (Å²) in [6.07, 6.45) is 84.3. The van der Waals surface area contributed by atoms with Gasteiger partial charge in [0.2, 0.25) is 0 Å². The van der Waals surface area contributed by atoms with E-state index in [9.17, 15) is 14.4 Å². The molecule has 77 heavy (non-hydrogen) atoms. The Bertz CT molecular complexity index is 1380. The topological polar surface area (TPSA) is 78.9 Å². The first-order valence-electron chi connectivity index (χ1n) is 33.8. The van der Waals surface area contributed by atoms with Crippen molar-refractivity contribution in [3.8, 4) is 0 Å². The Hall–Kier alpha value is -2.89. The number of rotatable bonds is 62. The van der Waals surface area contributed by atoms with Crippen LogP contribution in [0.5, 0.6) is 0 Å². The SMILES string of the molecule is CC/C=C\C/C=C\C/C=C\C/C=C\C/C=C\CCCCCCCCCCCC(=O)OC(COC(=O)CCCCCCCC)COC(=O)CCCCCCCCCCCCCCCCCCCCCCCCCCCCCC. The second kappa shape index (κ2) is 65.6. The van der Waals surface area contributed by atoms with Gasteiger partial charge in [-0.05, 0) is 64.2 Å². The van der Waals surface area contributed by atoms with Crippen molar-refractivity contribution in [3.63, 3.8) is 0 Å². The molecule has 448 valence electrons. The van der Waals surface area contributed by atoms with E-state index in [1.807, 2.05) is 0 Å². The van der Waals surface area contributed by atoms with Crippen LogP contribution in [-0.4, -0.2) is 37.2 Å². The number of esters is 3. The molecule has 1 atom stereocenters. The van der Waals surface area contributed by atoms with E-state index in [1.54, 1.807) is 0 Å². The molecule has 0 aromatic rings. The summed E-state index contributed by atoms with van der Waals surface area (Å²) in [6, 6.07) is 0. The third-order valence-corrected chi connectivity index (χ3v) is 15.0. The highest BCUT2D eigenvalue weighted by molar-refractivity contribution is 5.71. The zero-order valence-corrected chi connectivity index (χ0v) is 51.5. The molecule has 0 aliphatic heterocycles. The van der Waals surface area contributed by atoms with Gasteiger partial charge in [-0.25, -0.2) is 0 Å². The van der Waals surface area contributed by atoms with E-state index in [1.165, 1.54) is 218 Å². The lowest BCUT2D eigenvalue weighted by molar-refractivity contribution is -0.167. The Kier molecular flexibility index (Phi) is 63.2. The number of hydrogen-bond acceptors (Lipinski definition) is 6. The van der Waals surface area contributed by atoms with Gasteiger partial charge in [0.25, 0.3) is 0 Å². The van der Waals surface area contributed by atoms with Crippen LogP contribution in [0.1, 0.15) is 355 Å². The van der Waals surface area contributed by atoms with Gasteiger partial charge >= 0.3 is 17.9 Å². The lowest BCUT2D eigenvalue weighted by Gasteiger charge is -2.18. The molecule has 0 fully saturated rings. The van der Waals surface area contributed by atoms with E-state index in [2.05, 4.69) is 81.5 Å². The van der Waals surface area contributed by atoms with E-state index in [0.717, 1.165) is 96.3 Å². The van der Waals surface area contributed by atoms with E-state index >= 15 is 0 Å². The number of allylic oxidation sites excluding steroid dienone is 10. The monoisotopic (exact) mass is 1080 g/mol. The summed E-state index contributed by atoms with van der Waals surface area (Å²) >= 11 is 0. The molecule has 0 heterocycles. The van der Waals surface area contributed by atoms with Crippen molar-refractivity contribution >= 4 is 17.9 Å². The third-order valence-electron chi connectivity index (χ3n) is 15.0. The Labute approximate surface area is 479 Å². The van der Waals surface area contributed by atoms with Crippen molar-refractivity contribution < 1.29 is 28.6 Å². The maximum absolute atomic E-state index is 12.9. The predicted molar refractivity (Wildman–Crippen MR) is 335 cm³/mol. The van der Waals surface area contributed by atoms with Gasteiger partial charge in [0, 0.05) is 19.3 Å². The Morgan fingerprint density at radius 3 is 0.792 bits per heavy atom. The number of carbonyl (C=O) groups excluding carboxylic acids is 3. The molecule has 1 unspecified atom stereocenters. The van der Waals surface area contributed by atoms with E-state index in [0.29, 0.717) is 19.3 Å². The normalized spacial score (nSPS) is 12.4. The van der Waals surface area contributed by atoms with E-state index in [-0.39, 0.29) is 31.1 Å². The minimum absolute atomic E-state index is 0.0727. The molecule has 0 radical (unpaired) electrons. The number of ether oxygens (including phenoxy) is 3. The fourth-order valence-corrected chi connectivity index (χ4v) is 10.0. The molecular formula is C71H128O6. The van der Waals surface area contributed by atoms with Crippen LogP contribution in [0.3, 0.4) is 0 Å². The minimum Gasteiger partial charge on any atom is -0.462 e. The maximum atomic E-state index is 12.9. The van der Waals surface area contributed by atoms with Crippen LogP contribution in [0.15, 0.2) is 60.8 Å². The summed E-state index contributed by atoms with van der Waals surface area (Å²) in [5.41, 5.74) is 0. The maximum Gasteiger partial charge on any atom is 0.306 e. The minimum atomic E-state index is -0.774. The van der Waals surface area contributed by atoms with Crippen LogP contribution >= 0.6 is 0 Å². The van der Waals surface area contributed by atoms with Gasteiger partial charge < -0.3 is 14.2 Å². The Balaban J connectivity index is 4.03. The lowest BCUT2D eigenvalue weighted by atomic mass is 10.0. The fraction of sp³-hybridized carbons (Fsp3) is 0.817. The van der Waals surface area contributed by atoms with Crippen LogP contribution in [0.2, 0.25) is 0 Å². The molecule has 0 aliphatic rings. The first-order valence-corrected chi connectivity index (χ1v) is 33.8. The zero-order chi connectivity index (χ0) is 55.7. The second-order valence-corrected chi connectivity index (χ2v) is 22.7. The summed E-state index contributed by atoms with van der Waals surface area (Å²) in [4.78, 5) is 38.1. The second-order valence-electron chi connectivity index (χ2n) is 22.7. The van der Waals surface area contributed by atoms with Gasteiger partial charge in [-0.15, -0.1) is 0 Å².